The van der Waals surface area contributed by atoms with Crippen LogP contribution in [0.25, 0.3) is 0 Å². The monoisotopic (exact) mass is 291 g/mol. The summed E-state index contributed by atoms with van der Waals surface area (Å²) in [5.41, 5.74) is 1.84. The van der Waals surface area contributed by atoms with Crippen LogP contribution < -0.4 is 4.90 Å². The van der Waals surface area contributed by atoms with Gasteiger partial charge in [-0.2, -0.15) is 0 Å². The zero-order valence-corrected chi connectivity index (χ0v) is 12.1. The fraction of sp³-hybridized carbons (Fsp3) is 0.357. The molecule has 0 bridgehead atoms. The van der Waals surface area contributed by atoms with Crippen LogP contribution >= 0.6 is 11.3 Å². The number of hydrogen-bond donors (Lipinski definition) is 1. The maximum absolute atomic E-state index is 10.6. The van der Waals surface area contributed by atoms with Crippen molar-refractivity contribution in [2.75, 3.05) is 11.4 Å². The standard InChI is InChI=1S/C14H17N3O2S/c1-2-17(9-11-5-3-4-8-15-11)14-16-12(10-20-14)6-7-13(18)19/h3-5,8,10H,2,6-7,9H2,1H3,(H,18,19). The summed E-state index contributed by atoms with van der Waals surface area (Å²) in [6.45, 7) is 3.62. The van der Waals surface area contributed by atoms with E-state index in [9.17, 15) is 4.79 Å². The molecule has 0 atom stereocenters. The predicted octanol–water partition coefficient (Wildman–Crippen LogP) is 2.58. The summed E-state index contributed by atoms with van der Waals surface area (Å²) in [5, 5.41) is 11.5. The molecule has 5 nitrogen and oxygen atoms in total. The van der Waals surface area contributed by atoms with Crippen molar-refractivity contribution in [1.82, 2.24) is 9.97 Å². The third kappa shape index (κ3) is 4.03. The van der Waals surface area contributed by atoms with Crippen LogP contribution in [0.15, 0.2) is 29.8 Å². The molecule has 0 spiro atoms. The number of rotatable bonds is 7. The minimum Gasteiger partial charge on any atom is -0.481 e. The number of carboxylic acids is 1. The van der Waals surface area contributed by atoms with Crippen molar-refractivity contribution in [3.05, 3.63) is 41.2 Å². The van der Waals surface area contributed by atoms with E-state index in [-0.39, 0.29) is 6.42 Å². The second-order valence-corrected chi connectivity index (χ2v) is 5.19. The van der Waals surface area contributed by atoms with Gasteiger partial charge in [0, 0.05) is 24.5 Å². The molecule has 106 valence electrons. The topological polar surface area (TPSA) is 66.3 Å². The van der Waals surface area contributed by atoms with Crippen LogP contribution in [-0.2, 0) is 17.8 Å². The second kappa shape index (κ2) is 7.00. The van der Waals surface area contributed by atoms with Crippen molar-refractivity contribution in [3.8, 4) is 0 Å². The van der Waals surface area contributed by atoms with Gasteiger partial charge in [-0.1, -0.05) is 6.07 Å². The number of carboxylic acid groups (broad SMARTS) is 1. The molecule has 2 heterocycles. The summed E-state index contributed by atoms with van der Waals surface area (Å²) in [6, 6.07) is 5.85. The normalized spacial score (nSPS) is 10.4. The first-order valence-corrected chi connectivity index (χ1v) is 7.38. The lowest BCUT2D eigenvalue weighted by Crippen LogP contribution is -2.22. The number of aromatic nitrogens is 2. The van der Waals surface area contributed by atoms with Gasteiger partial charge < -0.3 is 10.0 Å². The van der Waals surface area contributed by atoms with Gasteiger partial charge in [0.25, 0.3) is 0 Å². The van der Waals surface area contributed by atoms with E-state index >= 15 is 0 Å². The Morgan fingerprint density at radius 2 is 2.25 bits per heavy atom. The Balaban J connectivity index is 2.02. The molecule has 0 aliphatic rings. The van der Waals surface area contributed by atoms with Gasteiger partial charge in [0.2, 0.25) is 0 Å². The highest BCUT2D eigenvalue weighted by Crippen LogP contribution is 2.22. The quantitative estimate of drug-likeness (QED) is 0.849. The Kier molecular flexibility index (Phi) is 5.06. The molecule has 1 N–H and O–H groups in total. The molecule has 2 aromatic heterocycles. The van der Waals surface area contributed by atoms with E-state index in [1.165, 1.54) is 0 Å². The molecular formula is C14H17N3O2S. The minimum absolute atomic E-state index is 0.121. The Morgan fingerprint density at radius 1 is 1.40 bits per heavy atom. The summed E-state index contributed by atoms with van der Waals surface area (Å²) in [7, 11) is 0. The van der Waals surface area contributed by atoms with E-state index in [4.69, 9.17) is 5.11 Å². The molecule has 2 aromatic rings. The van der Waals surface area contributed by atoms with Crippen molar-refractivity contribution < 1.29 is 9.90 Å². The number of hydrogen-bond acceptors (Lipinski definition) is 5. The summed E-state index contributed by atoms with van der Waals surface area (Å²) < 4.78 is 0. The van der Waals surface area contributed by atoms with Crippen LogP contribution in [0.3, 0.4) is 0 Å². The van der Waals surface area contributed by atoms with Gasteiger partial charge in [0.1, 0.15) is 0 Å². The predicted molar refractivity (Wildman–Crippen MR) is 79.0 cm³/mol. The maximum Gasteiger partial charge on any atom is 0.303 e. The van der Waals surface area contributed by atoms with E-state index in [2.05, 4.69) is 21.8 Å². The van der Waals surface area contributed by atoms with Gasteiger partial charge in [-0.15, -0.1) is 11.3 Å². The molecule has 0 fully saturated rings. The SMILES string of the molecule is CCN(Cc1ccccn1)c1nc(CCC(=O)O)cs1. The van der Waals surface area contributed by atoms with E-state index in [1.807, 2.05) is 23.6 Å². The first-order valence-electron chi connectivity index (χ1n) is 6.50. The molecule has 0 saturated carbocycles. The van der Waals surface area contributed by atoms with Crippen molar-refractivity contribution in [1.29, 1.82) is 0 Å². The number of carbonyl (C=O) groups is 1. The molecule has 2 rings (SSSR count). The van der Waals surface area contributed by atoms with E-state index < -0.39 is 5.97 Å². The van der Waals surface area contributed by atoms with E-state index in [1.54, 1.807) is 17.5 Å². The van der Waals surface area contributed by atoms with Crippen molar-refractivity contribution in [2.24, 2.45) is 0 Å². The van der Waals surface area contributed by atoms with Crippen LogP contribution in [0, 0.1) is 0 Å². The minimum atomic E-state index is -0.791. The van der Waals surface area contributed by atoms with Crippen LogP contribution in [0.5, 0.6) is 0 Å². The average molecular weight is 291 g/mol. The van der Waals surface area contributed by atoms with Gasteiger partial charge in [0.05, 0.1) is 24.4 Å². The highest BCUT2D eigenvalue weighted by Gasteiger charge is 2.11. The molecule has 0 unspecified atom stereocenters. The first kappa shape index (κ1) is 14.5. The smallest absolute Gasteiger partial charge is 0.303 e. The van der Waals surface area contributed by atoms with Crippen molar-refractivity contribution >= 4 is 22.4 Å². The molecule has 0 saturated heterocycles. The average Bonchev–Trinajstić information content (AvgIpc) is 2.92. The van der Waals surface area contributed by atoms with E-state index in [0.717, 1.165) is 23.1 Å². The number of thiazole rings is 1. The van der Waals surface area contributed by atoms with Crippen LogP contribution in [0.2, 0.25) is 0 Å². The van der Waals surface area contributed by atoms with Gasteiger partial charge in [0.15, 0.2) is 5.13 Å². The van der Waals surface area contributed by atoms with Crippen molar-refractivity contribution in [2.45, 2.75) is 26.3 Å². The first-order chi connectivity index (χ1) is 9.69. The molecule has 0 aromatic carbocycles. The van der Waals surface area contributed by atoms with Gasteiger partial charge in [-0.3, -0.25) is 9.78 Å². The summed E-state index contributed by atoms with van der Waals surface area (Å²) >= 11 is 1.55. The van der Waals surface area contributed by atoms with Gasteiger partial charge >= 0.3 is 5.97 Å². The molecule has 6 heteroatoms. The van der Waals surface area contributed by atoms with Crippen LogP contribution in [0.1, 0.15) is 24.7 Å². The third-order valence-corrected chi connectivity index (χ3v) is 3.82. The summed E-state index contributed by atoms with van der Waals surface area (Å²) in [5.74, 6) is -0.791. The number of pyridine rings is 1. The Morgan fingerprint density at radius 3 is 2.90 bits per heavy atom. The van der Waals surface area contributed by atoms with Crippen molar-refractivity contribution in [3.63, 3.8) is 0 Å². The molecule has 0 amide bonds. The zero-order valence-electron chi connectivity index (χ0n) is 11.3. The lowest BCUT2D eigenvalue weighted by molar-refractivity contribution is -0.136. The maximum atomic E-state index is 10.6. The zero-order chi connectivity index (χ0) is 14.4. The lowest BCUT2D eigenvalue weighted by Gasteiger charge is -2.19. The number of aryl methyl sites for hydroxylation is 1. The van der Waals surface area contributed by atoms with Crippen LogP contribution in [0.4, 0.5) is 5.13 Å². The molecule has 0 aliphatic carbocycles. The molecule has 0 aliphatic heterocycles. The Hall–Kier alpha value is -1.95. The Bertz CT molecular complexity index is 557. The number of aliphatic carboxylic acids is 1. The highest BCUT2D eigenvalue weighted by molar-refractivity contribution is 7.13. The molecule has 0 radical (unpaired) electrons. The Labute approximate surface area is 121 Å². The summed E-state index contributed by atoms with van der Waals surface area (Å²) in [4.78, 5) is 21.5. The number of anilines is 1. The summed E-state index contributed by atoms with van der Waals surface area (Å²) in [6.07, 6.45) is 2.38. The fourth-order valence-electron chi connectivity index (χ4n) is 1.79. The van der Waals surface area contributed by atoms with Crippen LogP contribution in [-0.4, -0.2) is 27.6 Å². The van der Waals surface area contributed by atoms with Gasteiger partial charge in [-0.25, -0.2) is 4.98 Å². The van der Waals surface area contributed by atoms with Gasteiger partial charge in [-0.05, 0) is 19.1 Å². The molecule has 20 heavy (non-hydrogen) atoms. The second-order valence-electron chi connectivity index (χ2n) is 4.35. The lowest BCUT2D eigenvalue weighted by atomic mass is 10.2. The molecular weight excluding hydrogens is 274 g/mol. The highest BCUT2D eigenvalue weighted by atomic mass is 32.1. The third-order valence-electron chi connectivity index (χ3n) is 2.87. The fourth-order valence-corrected chi connectivity index (χ4v) is 2.72. The largest absolute Gasteiger partial charge is 0.481 e. The number of nitrogens with zero attached hydrogens (tertiary/aromatic N) is 3. The van der Waals surface area contributed by atoms with E-state index in [0.29, 0.717) is 13.0 Å².